The van der Waals surface area contributed by atoms with Gasteiger partial charge >= 0.3 is 0 Å². The molecular formula is C13H16N4O2. The minimum atomic E-state index is -0.288. The van der Waals surface area contributed by atoms with Crippen molar-refractivity contribution >= 4 is 17.4 Å². The van der Waals surface area contributed by atoms with Gasteiger partial charge in [-0.25, -0.2) is 4.68 Å². The third kappa shape index (κ3) is 2.85. The molecule has 1 heterocycles. The Morgan fingerprint density at radius 1 is 1.42 bits per heavy atom. The lowest BCUT2D eigenvalue weighted by molar-refractivity contribution is 0.102. The summed E-state index contributed by atoms with van der Waals surface area (Å²) in [5.74, 6) is 0.920. The molecular weight excluding hydrogens is 244 g/mol. The molecule has 0 saturated carbocycles. The van der Waals surface area contributed by atoms with E-state index in [9.17, 15) is 4.79 Å². The molecule has 0 atom stereocenters. The molecule has 1 aromatic heterocycles. The highest BCUT2D eigenvalue weighted by Crippen LogP contribution is 2.16. The van der Waals surface area contributed by atoms with Crippen LogP contribution in [0, 0.1) is 0 Å². The number of hydrogen-bond donors (Lipinski definition) is 2. The van der Waals surface area contributed by atoms with Gasteiger partial charge < -0.3 is 15.8 Å². The number of amides is 1. The first-order chi connectivity index (χ1) is 9.13. The van der Waals surface area contributed by atoms with Crippen LogP contribution in [0.4, 0.5) is 11.5 Å². The van der Waals surface area contributed by atoms with E-state index in [0.29, 0.717) is 23.7 Å². The average molecular weight is 260 g/mol. The number of benzene rings is 1. The zero-order valence-electron chi connectivity index (χ0n) is 10.9. The van der Waals surface area contributed by atoms with E-state index < -0.39 is 0 Å². The van der Waals surface area contributed by atoms with Gasteiger partial charge in [-0.2, -0.15) is 5.10 Å². The molecule has 2 aromatic rings. The number of carbonyl (C=O) groups excluding carboxylic acids is 1. The van der Waals surface area contributed by atoms with Crippen molar-refractivity contribution in [2.24, 2.45) is 0 Å². The summed E-state index contributed by atoms with van der Waals surface area (Å²) < 4.78 is 6.62. The van der Waals surface area contributed by atoms with Crippen molar-refractivity contribution in [3.8, 4) is 5.75 Å². The number of carbonyl (C=O) groups is 1. The second-order valence-corrected chi connectivity index (χ2v) is 3.95. The van der Waals surface area contributed by atoms with Crippen LogP contribution in [0.3, 0.4) is 0 Å². The fourth-order valence-corrected chi connectivity index (χ4v) is 1.66. The summed E-state index contributed by atoms with van der Waals surface area (Å²) in [7, 11) is 1.59. The van der Waals surface area contributed by atoms with Crippen LogP contribution in [0.15, 0.2) is 30.3 Å². The number of nitrogen functional groups attached to an aromatic ring is 1. The van der Waals surface area contributed by atoms with E-state index in [1.165, 1.54) is 0 Å². The third-order valence-electron chi connectivity index (χ3n) is 2.69. The molecule has 6 heteroatoms. The van der Waals surface area contributed by atoms with E-state index in [-0.39, 0.29) is 5.91 Å². The highest BCUT2D eigenvalue weighted by molar-refractivity contribution is 6.03. The van der Waals surface area contributed by atoms with Crippen molar-refractivity contribution in [3.63, 3.8) is 0 Å². The Kier molecular flexibility index (Phi) is 3.70. The predicted octanol–water partition coefficient (Wildman–Crippen LogP) is 1.75. The number of methoxy groups -OCH3 is 1. The summed E-state index contributed by atoms with van der Waals surface area (Å²) >= 11 is 0. The molecule has 0 saturated heterocycles. The summed E-state index contributed by atoms with van der Waals surface area (Å²) in [5.41, 5.74) is 6.70. The Bertz CT molecular complexity index is 575. The number of nitrogens with zero attached hydrogens (tertiary/aromatic N) is 2. The van der Waals surface area contributed by atoms with Gasteiger partial charge in [-0.15, -0.1) is 0 Å². The molecule has 19 heavy (non-hydrogen) atoms. The maximum Gasteiger partial charge on any atom is 0.276 e. The van der Waals surface area contributed by atoms with Crippen LogP contribution in [0.2, 0.25) is 0 Å². The van der Waals surface area contributed by atoms with E-state index in [2.05, 4.69) is 10.4 Å². The molecule has 3 N–H and O–H groups in total. The van der Waals surface area contributed by atoms with Gasteiger partial charge in [0.05, 0.1) is 7.11 Å². The Hall–Kier alpha value is -2.50. The number of aryl methyl sites for hydroxylation is 1. The number of hydrogen-bond acceptors (Lipinski definition) is 4. The molecule has 0 fully saturated rings. The Morgan fingerprint density at radius 3 is 2.63 bits per heavy atom. The maximum atomic E-state index is 12.0. The summed E-state index contributed by atoms with van der Waals surface area (Å²) in [4.78, 5) is 12.0. The van der Waals surface area contributed by atoms with Crippen LogP contribution in [0.5, 0.6) is 5.75 Å². The van der Waals surface area contributed by atoms with Gasteiger partial charge in [-0.3, -0.25) is 4.79 Å². The smallest absolute Gasteiger partial charge is 0.276 e. The van der Waals surface area contributed by atoms with Gasteiger partial charge in [0.2, 0.25) is 0 Å². The zero-order chi connectivity index (χ0) is 13.8. The molecule has 0 aliphatic rings. The van der Waals surface area contributed by atoms with Crippen molar-refractivity contribution in [3.05, 3.63) is 36.0 Å². The largest absolute Gasteiger partial charge is 0.497 e. The lowest BCUT2D eigenvalue weighted by Gasteiger charge is -2.04. The molecule has 1 aromatic carbocycles. The summed E-state index contributed by atoms with van der Waals surface area (Å²) in [5, 5.41) is 6.86. The van der Waals surface area contributed by atoms with Crippen LogP contribution < -0.4 is 15.8 Å². The van der Waals surface area contributed by atoms with E-state index in [1.807, 2.05) is 6.92 Å². The Balaban J connectivity index is 2.11. The number of nitrogens with two attached hydrogens (primary N) is 1. The van der Waals surface area contributed by atoms with Crippen molar-refractivity contribution in [2.45, 2.75) is 13.5 Å². The summed E-state index contributed by atoms with van der Waals surface area (Å²) in [6.45, 7) is 2.54. The molecule has 0 radical (unpaired) electrons. The van der Waals surface area contributed by atoms with Crippen LogP contribution in [-0.2, 0) is 6.54 Å². The fraction of sp³-hybridized carbons (Fsp3) is 0.231. The van der Waals surface area contributed by atoms with Gasteiger partial charge in [0.15, 0.2) is 5.69 Å². The number of aromatic nitrogens is 2. The third-order valence-corrected chi connectivity index (χ3v) is 2.69. The minimum absolute atomic E-state index is 0.288. The SMILES string of the molecule is CCn1nc(C(=O)Nc2ccc(OC)cc2)cc1N. The average Bonchev–Trinajstić information content (AvgIpc) is 2.81. The van der Waals surface area contributed by atoms with Crippen LogP contribution in [-0.4, -0.2) is 22.8 Å². The second-order valence-electron chi connectivity index (χ2n) is 3.95. The van der Waals surface area contributed by atoms with Crippen molar-refractivity contribution < 1.29 is 9.53 Å². The molecule has 2 rings (SSSR count). The van der Waals surface area contributed by atoms with Crippen molar-refractivity contribution in [1.29, 1.82) is 0 Å². The van der Waals surface area contributed by atoms with Gasteiger partial charge in [-0.1, -0.05) is 0 Å². The highest BCUT2D eigenvalue weighted by atomic mass is 16.5. The lowest BCUT2D eigenvalue weighted by atomic mass is 10.3. The number of anilines is 2. The topological polar surface area (TPSA) is 82.2 Å². The van der Waals surface area contributed by atoms with Crippen molar-refractivity contribution in [2.75, 3.05) is 18.2 Å². The van der Waals surface area contributed by atoms with E-state index >= 15 is 0 Å². The van der Waals surface area contributed by atoms with Crippen molar-refractivity contribution in [1.82, 2.24) is 9.78 Å². The molecule has 0 bridgehead atoms. The van der Waals surface area contributed by atoms with Gasteiger partial charge in [-0.05, 0) is 31.2 Å². The Labute approximate surface area is 111 Å². The normalized spacial score (nSPS) is 10.2. The standard InChI is InChI=1S/C13H16N4O2/c1-3-17-12(14)8-11(16-17)13(18)15-9-4-6-10(19-2)7-5-9/h4-8H,3,14H2,1-2H3,(H,15,18). The van der Waals surface area contributed by atoms with Crippen LogP contribution in [0.1, 0.15) is 17.4 Å². The quantitative estimate of drug-likeness (QED) is 0.877. The molecule has 0 aliphatic heterocycles. The lowest BCUT2D eigenvalue weighted by Crippen LogP contribution is -2.13. The van der Waals surface area contributed by atoms with Crippen LogP contribution >= 0.6 is 0 Å². The number of rotatable bonds is 4. The fourth-order valence-electron chi connectivity index (χ4n) is 1.66. The zero-order valence-corrected chi connectivity index (χ0v) is 10.9. The van der Waals surface area contributed by atoms with E-state index in [0.717, 1.165) is 5.75 Å². The van der Waals surface area contributed by atoms with Crippen LogP contribution in [0.25, 0.3) is 0 Å². The predicted molar refractivity (Wildman–Crippen MR) is 73.3 cm³/mol. The minimum Gasteiger partial charge on any atom is -0.497 e. The van der Waals surface area contributed by atoms with E-state index in [1.54, 1.807) is 42.1 Å². The van der Waals surface area contributed by atoms with Gasteiger partial charge in [0.25, 0.3) is 5.91 Å². The van der Waals surface area contributed by atoms with E-state index in [4.69, 9.17) is 10.5 Å². The first-order valence-corrected chi connectivity index (χ1v) is 5.92. The second kappa shape index (κ2) is 5.43. The number of nitrogens with one attached hydrogen (secondary N) is 1. The summed E-state index contributed by atoms with van der Waals surface area (Å²) in [6, 6.07) is 8.62. The molecule has 1 amide bonds. The molecule has 6 nitrogen and oxygen atoms in total. The molecule has 0 spiro atoms. The first kappa shape index (κ1) is 12.9. The summed E-state index contributed by atoms with van der Waals surface area (Å²) in [6.07, 6.45) is 0. The first-order valence-electron chi connectivity index (χ1n) is 5.92. The molecule has 0 aliphatic carbocycles. The molecule has 100 valence electrons. The molecule has 0 unspecified atom stereocenters. The maximum absolute atomic E-state index is 12.0. The van der Waals surface area contributed by atoms with Gasteiger partial charge in [0, 0.05) is 18.3 Å². The Morgan fingerprint density at radius 2 is 2.11 bits per heavy atom. The number of ether oxygens (including phenoxy) is 1. The monoisotopic (exact) mass is 260 g/mol. The van der Waals surface area contributed by atoms with Gasteiger partial charge in [0.1, 0.15) is 11.6 Å². The highest BCUT2D eigenvalue weighted by Gasteiger charge is 2.12.